The smallest absolute Gasteiger partial charge is 0.191 e. The van der Waals surface area contributed by atoms with Gasteiger partial charge in [0.25, 0.3) is 0 Å². The molecule has 0 aromatic heterocycles. The van der Waals surface area contributed by atoms with Crippen molar-refractivity contribution in [2.24, 2.45) is 4.99 Å². The van der Waals surface area contributed by atoms with E-state index in [4.69, 9.17) is 4.74 Å². The van der Waals surface area contributed by atoms with Gasteiger partial charge in [0.15, 0.2) is 5.96 Å². The predicted octanol–water partition coefficient (Wildman–Crippen LogP) is 2.80. The Morgan fingerprint density at radius 2 is 1.78 bits per heavy atom. The van der Waals surface area contributed by atoms with Crippen LogP contribution in [0.3, 0.4) is 0 Å². The van der Waals surface area contributed by atoms with Crippen molar-refractivity contribution in [3.05, 3.63) is 35.4 Å². The van der Waals surface area contributed by atoms with Crippen LogP contribution < -0.4 is 10.6 Å². The van der Waals surface area contributed by atoms with Gasteiger partial charge in [0.1, 0.15) is 0 Å². The quantitative estimate of drug-likeness (QED) is 0.569. The number of aliphatic imine (C=N–C) groups is 1. The number of hydrogen-bond donors (Lipinski definition) is 2. The monoisotopic (exact) mass is 374 g/mol. The molecule has 0 saturated carbocycles. The molecule has 1 saturated heterocycles. The lowest BCUT2D eigenvalue weighted by Crippen LogP contribution is -2.57. The zero-order valence-electron chi connectivity index (χ0n) is 18.1. The Morgan fingerprint density at radius 3 is 2.30 bits per heavy atom. The molecule has 2 rings (SSSR count). The van der Waals surface area contributed by atoms with Gasteiger partial charge >= 0.3 is 0 Å². The summed E-state index contributed by atoms with van der Waals surface area (Å²) in [6, 6.07) is 8.96. The molecule has 0 aliphatic carbocycles. The zero-order valence-corrected chi connectivity index (χ0v) is 18.1. The molecule has 0 atom stereocenters. The molecule has 1 heterocycles. The maximum Gasteiger partial charge on any atom is 0.191 e. The third-order valence-electron chi connectivity index (χ3n) is 6.02. The van der Waals surface area contributed by atoms with Crippen LogP contribution in [-0.4, -0.2) is 63.8 Å². The van der Waals surface area contributed by atoms with E-state index in [1.807, 2.05) is 7.05 Å². The second-order valence-corrected chi connectivity index (χ2v) is 8.44. The van der Waals surface area contributed by atoms with E-state index in [-0.39, 0.29) is 11.0 Å². The molecule has 1 aromatic rings. The third-order valence-corrected chi connectivity index (χ3v) is 6.02. The van der Waals surface area contributed by atoms with Gasteiger partial charge in [-0.3, -0.25) is 4.99 Å². The van der Waals surface area contributed by atoms with Crippen molar-refractivity contribution in [3.63, 3.8) is 0 Å². The van der Waals surface area contributed by atoms with Crippen molar-refractivity contribution in [2.45, 2.75) is 51.0 Å². The van der Waals surface area contributed by atoms with Gasteiger partial charge < -0.3 is 20.3 Å². The van der Waals surface area contributed by atoms with E-state index < -0.39 is 0 Å². The van der Waals surface area contributed by atoms with Crippen LogP contribution in [0.15, 0.2) is 29.3 Å². The van der Waals surface area contributed by atoms with Gasteiger partial charge in [0.05, 0.1) is 0 Å². The lowest BCUT2D eigenvalue weighted by atomic mass is 9.84. The molecule has 152 valence electrons. The molecule has 5 nitrogen and oxygen atoms in total. The van der Waals surface area contributed by atoms with Crippen molar-refractivity contribution in [3.8, 4) is 0 Å². The van der Waals surface area contributed by atoms with Crippen LogP contribution in [0.1, 0.15) is 44.7 Å². The van der Waals surface area contributed by atoms with Gasteiger partial charge in [-0.15, -0.1) is 0 Å². The number of guanidine groups is 1. The van der Waals surface area contributed by atoms with Gasteiger partial charge in [0, 0.05) is 44.3 Å². The molecule has 0 spiro atoms. The first kappa shape index (κ1) is 21.7. The molecule has 5 heteroatoms. The molecule has 0 radical (unpaired) electrons. The number of nitrogens with one attached hydrogen (secondary N) is 2. The molecule has 1 aliphatic heterocycles. The highest BCUT2D eigenvalue weighted by molar-refractivity contribution is 5.79. The average Bonchev–Trinajstić information content (AvgIpc) is 2.68. The molecule has 0 unspecified atom stereocenters. The van der Waals surface area contributed by atoms with Crippen LogP contribution in [0.5, 0.6) is 0 Å². The minimum atomic E-state index is 0.0296. The SMILES string of the molecule is CCc1ccc(C(C)(C)CNC(=NC)NCC2(N(C)C)CCOCC2)cc1. The summed E-state index contributed by atoms with van der Waals surface area (Å²) in [5.41, 5.74) is 2.88. The van der Waals surface area contributed by atoms with Gasteiger partial charge in [-0.1, -0.05) is 45.0 Å². The number of likely N-dealkylation sites (N-methyl/N-ethyl adjacent to an activating group) is 1. The Kier molecular flexibility index (Phi) is 7.68. The number of rotatable bonds is 7. The Morgan fingerprint density at radius 1 is 1.15 bits per heavy atom. The summed E-state index contributed by atoms with van der Waals surface area (Å²) in [4.78, 5) is 6.76. The highest BCUT2D eigenvalue weighted by Gasteiger charge is 2.35. The fraction of sp³-hybridized carbons (Fsp3) is 0.682. The normalized spacial score (nSPS) is 17.8. The molecular weight excluding hydrogens is 336 g/mol. The first-order valence-corrected chi connectivity index (χ1v) is 10.1. The molecule has 27 heavy (non-hydrogen) atoms. The van der Waals surface area contributed by atoms with Crippen LogP contribution in [0.2, 0.25) is 0 Å². The van der Waals surface area contributed by atoms with Crippen molar-refractivity contribution in [2.75, 3.05) is 47.4 Å². The van der Waals surface area contributed by atoms with E-state index in [1.165, 1.54) is 11.1 Å². The maximum absolute atomic E-state index is 5.57. The lowest BCUT2D eigenvalue weighted by Gasteiger charge is -2.43. The minimum absolute atomic E-state index is 0.0296. The van der Waals surface area contributed by atoms with Gasteiger partial charge in [-0.25, -0.2) is 0 Å². The Labute approximate surface area is 165 Å². The van der Waals surface area contributed by atoms with Gasteiger partial charge in [-0.05, 0) is 44.5 Å². The Hall–Kier alpha value is -1.59. The highest BCUT2D eigenvalue weighted by Crippen LogP contribution is 2.25. The topological polar surface area (TPSA) is 48.9 Å². The minimum Gasteiger partial charge on any atom is -0.381 e. The van der Waals surface area contributed by atoms with Crippen LogP contribution in [0, 0.1) is 0 Å². The molecule has 1 fully saturated rings. The standard InChI is InChI=1S/C22H38N4O/c1-7-18-8-10-19(11-9-18)21(2,3)16-24-20(23-4)25-17-22(26(5)6)12-14-27-15-13-22/h8-11H,7,12-17H2,1-6H3,(H2,23,24,25). The molecule has 1 aromatic carbocycles. The van der Waals surface area contributed by atoms with E-state index in [9.17, 15) is 0 Å². The van der Waals surface area contributed by atoms with Gasteiger partial charge in [0.2, 0.25) is 0 Å². The first-order valence-electron chi connectivity index (χ1n) is 10.1. The lowest BCUT2D eigenvalue weighted by molar-refractivity contribution is -0.00501. The summed E-state index contributed by atoms with van der Waals surface area (Å²) in [6.45, 7) is 10.1. The average molecular weight is 375 g/mol. The molecule has 2 N–H and O–H groups in total. The van der Waals surface area contributed by atoms with Crippen molar-refractivity contribution in [1.82, 2.24) is 15.5 Å². The molecule has 0 amide bonds. The number of benzene rings is 1. The van der Waals surface area contributed by atoms with Crippen LogP contribution >= 0.6 is 0 Å². The van der Waals surface area contributed by atoms with Crippen molar-refractivity contribution < 1.29 is 4.74 Å². The van der Waals surface area contributed by atoms with Crippen molar-refractivity contribution >= 4 is 5.96 Å². The van der Waals surface area contributed by atoms with Crippen molar-refractivity contribution in [1.29, 1.82) is 0 Å². The summed E-state index contributed by atoms with van der Waals surface area (Å²) in [7, 11) is 6.16. The predicted molar refractivity (Wildman–Crippen MR) is 115 cm³/mol. The third kappa shape index (κ3) is 5.69. The van der Waals surface area contributed by atoms with E-state index in [2.05, 4.69) is 79.7 Å². The summed E-state index contributed by atoms with van der Waals surface area (Å²) in [5, 5.41) is 7.07. The summed E-state index contributed by atoms with van der Waals surface area (Å²) in [5.74, 6) is 0.862. The van der Waals surface area contributed by atoms with E-state index in [0.717, 1.165) is 51.5 Å². The summed E-state index contributed by atoms with van der Waals surface area (Å²) in [6.07, 6.45) is 3.16. The Bertz CT molecular complexity index is 601. The van der Waals surface area contributed by atoms with Crippen LogP contribution in [0.4, 0.5) is 0 Å². The molecule has 1 aliphatic rings. The fourth-order valence-corrected chi connectivity index (χ4v) is 3.60. The maximum atomic E-state index is 5.57. The number of nitrogens with zero attached hydrogens (tertiary/aromatic N) is 2. The second-order valence-electron chi connectivity index (χ2n) is 8.44. The summed E-state index contributed by atoms with van der Waals surface area (Å²) < 4.78 is 5.57. The second kappa shape index (κ2) is 9.56. The zero-order chi connectivity index (χ0) is 19.9. The van der Waals surface area contributed by atoms with E-state index in [0.29, 0.717) is 0 Å². The molecule has 0 bridgehead atoms. The van der Waals surface area contributed by atoms with Gasteiger partial charge in [-0.2, -0.15) is 0 Å². The number of hydrogen-bond acceptors (Lipinski definition) is 3. The summed E-state index contributed by atoms with van der Waals surface area (Å²) >= 11 is 0. The first-order chi connectivity index (χ1) is 12.8. The van der Waals surface area contributed by atoms with E-state index >= 15 is 0 Å². The Balaban J connectivity index is 1.93. The molecular formula is C22H38N4O. The van der Waals surface area contributed by atoms with Crippen LogP contribution in [0.25, 0.3) is 0 Å². The highest BCUT2D eigenvalue weighted by atomic mass is 16.5. The number of aryl methyl sites for hydroxylation is 1. The fourth-order valence-electron chi connectivity index (χ4n) is 3.60. The van der Waals surface area contributed by atoms with Crippen LogP contribution in [-0.2, 0) is 16.6 Å². The van der Waals surface area contributed by atoms with E-state index in [1.54, 1.807) is 0 Å². The largest absolute Gasteiger partial charge is 0.381 e. The number of ether oxygens (including phenoxy) is 1.